The molecule has 0 saturated heterocycles. The molecule has 1 aliphatic carbocycles. The van der Waals surface area contributed by atoms with Crippen molar-refractivity contribution < 1.29 is 4.42 Å². The van der Waals surface area contributed by atoms with Crippen LogP contribution in [0, 0.1) is 11.8 Å². The first-order valence-corrected chi connectivity index (χ1v) is 6.10. The van der Waals surface area contributed by atoms with E-state index < -0.39 is 0 Å². The highest BCUT2D eigenvalue weighted by Gasteiger charge is 2.20. The molecular weight excluding hydrogens is 204 g/mol. The van der Waals surface area contributed by atoms with Crippen LogP contribution in [0.3, 0.4) is 0 Å². The number of aromatic nitrogens is 2. The first-order valence-electron chi connectivity index (χ1n) is 6.10. The molecule has 0 radical (unpaired) electrons. The molecule has 0 unspecified atom stereocenters. The molecular formula is C11H20N4O. The summed E-state index contributed by atoms with van der Waals surface area (Å²) in [6, 6.07) is 0.562. The lowest BCUT2D eigenvalue weighted by molar-refractivity contribution is 0.277. The van der Waals surface area contributed by atoms with Gasteiger partial charge in [0, 0.05) is 6.54 Å². The molecule has 16 heavy (non-hydrogen) atoms. The van der Waals surface area contributed by atoms with Gasteiger partial charge in [0.15, 0.2) is 0 Å². The van der Waals surface area contributed by atoms with Gasteiger partial charge in [-0.25, -0.2) is 0 Å². The predicted octanol–water partition coefficient (Wildman–Crippen LogP) is 2.28. The summed E-state index contributed by atoms with van der Waals surface area (Å²) in [5.74, 6) is 1.67. The van der Waals surface area contributed by atoms with Crippen molar-refractivity contribution in [3.8, 4) is 0 Å². The van der Waals surface area contributed by atoms with Gasteiger partial charge in [-0.3, -0.25) is 0 Å². The molecule has 1 aliphatic rings. The topological polar surface area (TPSA) is 77.0 Å². The minimum atomic E-state index is 0.122. The Labute approximate surface area is 95.8 Å². The molecule has 2 rings (SSSR count). The van der Waals surface area contributed by atoms with E-state index in [4.69, 9.17) is 10.2 Å². The number of nitrogens with two attached hydrogens (primary N) is 1. The second-order valence-corrected chi connectivity index (χ2v) is 4.62. The molecule has 0 amide bonds. The average molecular weight is 224 g/mol. The van der Waals surface area contributed by atoms with E-state index in [0.29, 0.717) is 6.01 Å². The van der Waals surface area contributed by atoms with Crippen molar-refractivity contribution >= 4 is 12.0 Å². The lowest BCUT2D eigenvalue weighted by atomic mass is 9.81. The van der Waals surface area contributed by atoms with E-state index in [-0.39, 0.29) is 6.01 Å². The Morgan fingerprint density at radius 1 is 1.25 bits per heavy atom. The smallest absolute Gasteiger partial charge is 0.316 e. The van der Waals surface area contributed by atoms with E-state index in [1.807, 2.05) is 0 Å². The van der Waals surface area contributed by atoms with Crippen LogP contribution in [0.25, 0.3) is 0 Å². The van der Waals surface area contributed by atoms with E-state index in [1.54, 1.807) is 0 Å². The highest BCUT2D eigenvalue weighted by molar-refractivity contribution is 5.22. The number of hydrogen-bond acceptors (Lipinski definition) is 5. The summed E-state index contributed by atoms with van der Waals surface area (Å²) >= 11 is 0. The highest BCUT2D eigenvalue weighted by atomic mass is 16.4. The zero-order valence-corrected chi connectivity index (χ0v) is 9.78. The molecule has 1 aromatic rings. The number of hydrogen-bond donors (Lipinski definition) is 2. The molecule has 3 N–H and O–H groups in total. The van der Waals surface area contributed by atoms with Crippen molar-refractivity contribution in [2.75, 3.05) is 17.6 Å². The van der Waals surface area contributed by atoms with Gasteiger partial charge in [-0.05, 0) is 24.7 Å². The maximum absolute atomic E-state index is 5.34. The highest BCUT2D eigenvalue weighted by Crippen LogP contribution is 2.30. The Balaban J connectivity index is 1.71. The molecule has 5 nitrogen and oxygen atoms in total. The number of nitrogens with one attached hydrogen (secondary N) is 1. The third kappa shape index (κ3) is 2.87. The van der Waals surface area contributed by atoms with E-state index in [1.165, 1.54) is 32.1 Å². The molecule has 0 atom stereocenters. The summed E-state index contributed by atoms with van der Waals surface area (Å²) in [4.78, 5) is 0. The Bertz CT molecular complexity index is 318. The van der Waals surface area contributed by atoms with Crippen LogP contribution in [0.1, 0.15) is 39.0 Å². The van der Waals surface area contributed by atoms with Crippen molar-refractivity contribution in [3.05, 3.63) is 0 Å². The van der Waals surface area contributed by atoms with Crippen molar-refractivity contribution in [1.82, 2.24) is 10.2 Å². The fourth-order valence-electron chi connectivity index (χ4n) is 2.38. The van der Waals surface area contributed by atoms with Crippen LogP contribution in [-0.2, 0) is 0 Å². The molecule has 1 aromatic heterocycles. The zero-order valence-electron chi connectivity index (χ0n) is 9.78. The maximum Gasteiger partial charge on any atom is 0.316 e. The van der Waals surface area contributed by atoms with Crippen molar-refractivity contribution in [2.24, 2.45) is 11.8 Å². The number of nitrogen functional groups attached to an aromatic ring is 1. The number of nitrogens with zero attached hydrogens (tertiary/aromatic N) is 2. The summed E-state index contributed by atoms with van der Waals surface area (Å²) in [7, 11) is 0. The maximum atomic E-state index is 5.34. The van der Waals surface area contributed by atoms with Gasteiger partial charge < -0.3 is 15.5 Å². The van der Waals surface area contributed by atoms with Crippen molar-refractivity contribution in [1.29, 1.82) is 0 Å². The largest absolute Gasteiger partial charge is 0.390 e. The normalized spacial score (nSPS) is 25.6. The van der Waals surface area contributed by atoms with Gasteiger partial charge in [0.25, 0.3) is 0 Å². The van der Waals surface area contributed by atoms with Crippen LogP contribution in [0.2, 0.25) is 0 Å². The Morgan fingerprint density at radius 2 is 1.94 bits per heavy atom. The third-order valence-electron chi connectivity index (χ3n) is 3.53. The zero-order chi connectivity index (χ0) is 11.4. The molecule has 0 bridgehead atoms. The second kappa shape index (κ2) is 5.18. The van der Waals surface area contributed by atoms with E-state index in [9.17, 15) is 0 Å². The van der Waals surface area contributed by atoms with Crippen LogP contribution in [-0.4, -0.2) is 16.7 Å². The summed E-state index contributed by atoms with van der Waals surface area (Å²) in [6.07, 6.45) is 6.63. The molecule has 0 spiro atoms. The molecule has 1 saturated carbocycles. The summed E-state index contributed by atoms with van der Waals surface area (Å²) in [5, 5.41) is 10.5. The van der Waals surface area contributed by atoms with Crippen LogP contribution >= 0.6 is 0 Å². The lowest BCUT2D eigenvalue weighted by Crippen LogP contribution is -2.21. The third-order valence-corrected chi connectivity index (χ3v) is 3.53. The molecule has 0 aliphatic heterocycles. The molecule has 0 aromatic carbocycles. The summed E-state index contributed by atoms with van der Waals surface area (Å²) in [5.41, 5.74) is 5.34. The molecule has 1 heterocycles. The number of anilines is 2. The van der Waals surface area contributed by atoms with Gasteiger partial charge in [-0.15, -0.1) is 0 Å². The first kappa shape index (κ1) is 11.2. The molecule has 90 valence electrons. The number of rotatable bonds is 4. The fourth-order valence-corrected chi connectivity index (χ4v) is 2.38. The minimum Gasteiger partial charge on any atom is -0.390 e. The van der Waals surface area contributed by atoms with Crippen LogP contribution in [0.15, 0.2) is 4.42 Å². The summed E-state index contributed by atoms with van der Waals surface area (Å²) < 4.78 is 5.06. The van der Waals surface area contributed by atoms with Gasteiger partial charge in [-0.1, -0.05) is 36.4 Å². The minimum absolute atomic E-state index is 0.122. The lowest BCUT2D eigenvalue weighted by Gasteiger charge is -2.27. The molecule has 5 heteroatoms. The van der Waals surface area contributed by atoms with Gasteiger partial charge in [-0.2, -0.15) is 0 Å². The Morgan fingerprint density at radius 3 is 2.50 bits per heavy atom. The van der Waals surface area contributed by atoms with Crippen molar-refractivity contribution in [2.45, 2.75) is 39.0 Å². The van der Waals surface area contributed by atoms with Gasteiger partial charge in [0.05, 0.1) is 0 Å². The van der Waals surface area contributed by atoms with E-state index in [2.05, 4.69) is 22.4 Å². The summed E-state index contributed by atoms with van der Waals surface area (Å²) in [6.45, 7) is 3.20. The molecule has 1 fully saturated rings. The fraction of sp³-hybridized carbons (Fsp3) is 0.818. The quantitative estimate of drug-likeness (QED) is 0.820. The van der Waals surface area contributed by atoms with E-state index >= 15 is 0 Å². The van der Waals surface area contributed by atoms with Crippen LogP contribution in [0.5, 0.6) is 0 Å². The van der Waals surface area contributed by atoms with Crippen molar-refractivity contribution in [3.63, 3.8) is 0 Å². The Hall–Kier alpha value is -1.26. The van der Waals surface area contributed by atoms with Gasteiger partial charge >= 0.3 is 12.0 Å². The monoisotopic (exact) mass is 224 g/mol. The Kier molecular flexibility index (Phi) is 3.64. The SMILES string of the molecule is CCC1CCC(CNc2nnc(N)o2)CC1. The van der Waals surface area contributed by atoms with Crippen LogP contribution < -0.4 is 11.1 Å². The predicted molar refractivity (Wildman–Crippen MR) is 62.9 cm³/mol. The van der Waals surface area contributed by atoms with Gasteiger partial charge in [0.2, 0.25) is 0 Å². The second-order valence-electron chi connectivity index (χ2n) is 4.62. The average Bonchev–Trinajstić information content (AvgIpc) is 2.73. The standard InChI is InChI=1S/C11H20N4O/c1-2-8-3-5-9(6-4-8)7-13-11-15-14-10(12)16-11/h8-9H,2-7H2,1H3,(H2,12,14)(H,13,15). The van der Waals surface area contributed by atoms with Crippen LogP contribution in [0.4, 0.5) is 12.0 Å². The first-order chi connectivity index (χ1) is 7.78. The van der Waals surface area contributed by atoms with Gasteiger partial charge in [0.1, 0.15) is 0 Å². The van der Waals surface area contributed by atoms with E-state index in [0.717, 1.165) is 18.4 Å².